The molecule has 0 amide bonds. The number of unbranched alkanes of at least 4 members (excludes halogenated alkanes) is 9. The number of ether oxygens (including phenoxy) is 4. The summed E-state index contributed by atoms with van der Waals surface area (Å²) >= 11 is 0. The molecule has 0 spiro atoms. The average molecular weight is 1040 g/mol. The number of aliphatic carboxylic acids is 1. The Balaban J connectivity index is 4.31. The second-order valence-corrected chi connectivity index (χ2v) is 19.5. The van der Waals surface area contributed by atoms with Crippen molar-refractivity contribution in [1.82, 2.24) is 0 Å². The average Bonchev–Trinajstić information content (AvgIpc) is 3.38. The highest BCUT2D eigenvalue weighted by Crippen LogP contribution is 2.12. The molecule has 0 aliphatic heterocycles. The van der Waals surface area contributed by atoms with Crippen LogP contribution in [0.2, 0.25) is 0 Å². The summed E-state index contributed by atoms with van der Waals surface area (Å²) in [5.41, 5.74) is 0. The second-order valence-electron chi connectivity index (χ2n) is 19.5. The predicted octanol–water partition coefficient (Wildman–Crippen LogP) is 17.0. The van der Waals surface area contributed by atoms with Crippen LogP contribution in [-0.2, 0) is 33.3 Å². The Labute approximate surface area is 457 Å². The van der Waals surface area contributed by atoms with Crippen LogP contribution in [0.15, 0.2) is 158 Å². The standard InChI is InChI=1S/C66H103NO8/c1-6-8-10-12-14-16-18-20-21-22-23-24-25-26-27-28-29-30-31-32-33-34-35-36-37-38-39-40-41-42-43-45-47-49-51-53-55-57-64(69)75-62(61-74-66(65(70)71)72-59-58-67(3,4)5)60-73-63(68)56-54-52-50-48-46-44-19-17-15-13-11-9-7-2/h8,10-11,13-14,16-17,19-21,23-24,26-27,29-30,32-33,35-36,38-39,41-42,45,47,62,66H,6-7,9,12,15,18,22,25,28,31,34,37,40,43-44,46,48-61H2,1-5H3/p+1/b10-8-,13-11-,16-14-,19-17-,21-20-,24-23-,27-26-,30-29-,33-32-,36-35-,39-38-,42-41-,47-45-. The van der Waals surface area contributed by atoms with E-state index in [0.29, 0.717) is 23.9 Å². The number of hydrogen-bond donors (Lipinski definition) is 1. The lowest BCUT2D eigenvalue weighted by Crippen LogP contribution is -2.40. The number of carbonyl (C=O) groups is 3. The molecule has 1 N–H and O–H groups in total. The van der Waals surface area contributed by atoms with Crippen LogP contribution < -0.4 is 0 Å². The van der Waals surface area contributed by atoms with E-state index in [9.17, 15) is 19.5 Å². The van der Waals surface area contributed by atoms with Crippen LogP contribution in [0.4, 0.5) is 0 Å². The lowest BCUT2D eigenvalue weighted by Gasteiger charge is -2.25. The number of carbonyl (C=O) groups excluding carboxylic acids is 2. The zero-order chi connectivity index (χ0) is 54.8. The number of quaternary nitrogens is 1. The summed E-state index contributed by atoms with van der Waals surface area (Å²) in [5.74, 6) is -2.10. The molecular formula is C66H104NO8+. The van der Waals surface area contributed by atoms with Crippen molar-refractivity contribution >= 4 is 17.9 Å². The summed E-state index contributed by atoms with van der Waals surface area (Å²) in [4.78, 5) is 37.3. The van der Waals surface area contributed by atoms with Gasteiger partial charge in [-0.05, 0) is 122 Å². The van der Waals surface area contributed by atoms with E-state index in [4.69, 9.17) is 18.9 Å². The number of hydrogen-bond acceptors (Lipinski definition) is 7. The predicted molar refractivity (Wildman–Crippen MR) is 317 cm³/mol. The van der Waals surface area contributed by atoms with Gasteiger partial charge in [0, 0.05) is 12.8 Å². The number of nitrogens with zero attached hydrogens (tertiary/aromatic N) is 1. The fourth-order valence-electron chi connectivity index (χ4n) is 6.88. The molecule has 9 nitrogen and oxygen atoms in total. The molecule has 75 heavy (non-hydrogen) atoms. The van der Waals surface area contributed by atoms with Crippen molar-refractivity contribution < 1.29 is 42.9 Å². The lowest BCUT2D eigenvalue weighted by atomic mass is 10.1. The van der Waals surface area contributed by atoms with Crippen molar-refractivity contribution in [3.63, 3.8) is 0 Å². The van der Waals surface area contributed by atoms with Crippen molar-refractivity contribution in [2.24, 2.45) is 0 Å². The summed E-state index contributed by atoms with van der Waals surface area (Å²) < 4.78 is 22.7. The van der Waals surface area contributed by atoms with Crippen LogP contribution in [0.1, 0.15) is 181 Å². The quantitative estimate of drug-likeness (QED) is 0.0211. The highest BCUT2D eigenvalue weighted by molar-refractivity contribution is 5.71. The van der Waals surface area contributed by atoms with Crippen LogP contribution in [0.5, 0.6) is 0 Å². The van der Waals surface area contributed by atoms with Crippen LogP contribution in [0.25, 0.3) is 0 Å². The van der Waals surface area contributed by atoms with Gasteiger partial charge in [-0.15, -0.1) is 0 Å². The first-order valence-corrected chi connectivity index (χ1v) is 28.6. The molecule has 0 heterocycles. The fraction of sp³-hybridized carbons (Fsp3) is 0.561. The molecule has 0 saturated carbocycles. The first kappa shape index (κ1) is 69.9. The number of esters is 2. The van der Waals surface area contributed by atoms with Gasteiger partial charge >= 0.3 is 17.9 Å². The van der Waals surface area contributed by atoms with Gasteiger partial charge in [0.1, 0.15) is 13.2 Å². The smallest absolute Gasteiger partial charge is 0.361 e. The van der Waals surface area contributed by atoms with Crippen LogP contribution in [0, 0.1) is 0 Å². The number of rotatable bonds is 50. The van der Waals surface area contributed by atoms with Crippen molar-refractivity contribution in [3.8, 4) is 0 Å². The Morgan fingerprint density at radius 3 is 1.15 bits per heavy atom. The minimum absolute atomic E-state index is 0.169. The molecule has 0 aromatic carbocycles. The van der Waals surface area contributed by atoms with Crippen molar-refractivity contribution in [2.75, 3.05) is 47.5 Å². The Morgan fingerprint density at radius 1 is 0.413 bits per heavy atom. The zero-order valence-electron chi connectivity index (χ0n) is 47.6. The highest BCUT2D eigenvalue weighted by atomic mass is 16.7. The Bertz CT molecular complexity index is 1780. The molecule has 0 aromatic heterocycles. The normalized spacial score (nSPS) is 14.0. The van der Waals surface area contributed by atoms with Gasteiger partial charge in [-0.2, -0.15) is 0 Å². The molecule has 0 radical (unpaired) electrons. The van der Waals surface area contributed by atoms with Crippen LogP contribution in [-0.4, -0.2) is 87.4 Å². The van der Waals surface area contributed by atoms with Crippen molar-refractivity contribution in [2.45, 2.75) is 193 Å². The molecule has 0 aromatic rings. The molecule has 420 valence electrons. The van der Waals surface area contributed by atoms with Crippen LogP contribution in [0.3, 0.4) is 0 Å². The van der Waals surface area contributed by atoms with Gasteiger partial charge in [0.15, 0.2) is 6.10 Å². The zero-order valence-corrected chi connectivity index (χ0v) is 47.6. The molecule has 0 rings (SSSR count). The summed E-state index contributed by atoms with van der Waals surface area (Å²) in [6.07, 6.45) is 79.0. The number of likely N-dealkylation sites (N-methyl/N-ethyl adjacent to an activating group) is 1. The van der Waals surface area contributed by atoms with E-state index in [2.05, 4.69) is 172 Å². The minimum atomic E-state index is -1.53. The molecule has 0 fully saturated rings. The fourth-order valence-corrected chi connectivity index (χ4v) is 6.88. The molecule has 0 aliphatic rings. The minimum Gasteiger partial charge on any atom is -0.477 e. The first-order valence-electron chi connectivity index (χ1n) is 28.6. The Kier molecular flexibility index (Phi) is 51.4. The first-order chi connectivity index (χ1) is 36.6. The third kappa shape index (κ3) is 56.5. The van der Waals surface area contributed by atoms with E-state index in [0.717, 1.165) is 135 Å². The van der Waals surface area contributed by atoms with Gasteiger partial charge in [0.2, 0.25) is 0 Å². The van der Waals surface area contributed by atoms with Gasteiger partial charge in [-0.1, -0.05) is 204 Å². The monoisotopic (exact) mass is 1040 g/mol. The molecule has 2 unspecified atom stereocenters. The SMILES string of the molecule is CC/C=C\C/C=C\C/C=C\C/C=C\C/C=C\C/C=C\C/C=C\C/C=C\C/C=C\C/C=C\C/C=C\CCCCCC(=O)OC(COC(=O)CCCCCCC/C=C\C/C=C\CCC)COC(OCC[N+](C)(C)C)C(=O)O. The van der Waals surface area contributed by atoms with E-state index < -0.39 is 24.3 Å². The van der Waals surface area contributed by atoms with Gasteiger partial charge in [-0.25, -0.2) is 4.79 Å². The molecule has 2 atom stereocenters. The van der Waals surface area contributed by atoms with E-state index in [1.54, 1.807) is 0 Å². The molecular weight excluding hydrogens is 935 g/mol. The summed E-state index contributed by atoms with van der Waals surface area (Å²) in [7, 11) is 5.93. The van der Waals surface area contributed by atoms with Crippen molar-refractivity contribution in [1.29, 1.82) is 0 Å². The van der Waals surface area contributed by atoms with E-state index in [1.165, 1.54) is 6.42 Å². The highest BCUT2D eigenvalue weighted by Gasteiger charge is 2.25. The summed E-state index contributed by atoms with van der Waals surface area (Å²) in [5, 5.41) is 9.68. The number of carboxylic acid groups (broad SMARTS) is 1. The van der Waals surface area contributed by atoms with E-state index in [-0.39, 0.29) is 38.6 Å². The van der Waals surface area contributed by atoms with Gasteiger partial charge in [0.05, 0.1) is 34.4 Å². The molecule has 0 bridgehead atoms. The van der Waals surface area contributed by atoms with Gasteiger partial charge < -0.3 is 28.5 Å². The maximum Gasteiger partial charge on any atom is 0.361 e. The summed E-state index contributed by atoms with van der Waals surface area (Å²) in [6, 6.07) is 0. The maximum atomic E-state index is 12.8. The third-order valence-corrected chi connectivity index (χ3v) is 11.2. The maximum absolute atomic E-state index is 12.8. The summed E-state index contributed by atoms with van der Waals surface area (Å²) in [6.45, 7) is 4.60. The number of allylic oxidation sites excluding steroid dienone is 26. The third-order valence-electron chi connectivity index (χ3n) is 11.2. The topological polar surface area (TPSA) is 108 Å². The molecule has 9 heteroatoms. The number of carboxylic acids is 1. The van der Waals surface area contributed by atoms with E-state index >= 15 is 0 Å². The van der Waals surface area contributed by atoms with E-state index in [1.807, 2.05) is 21.1 Å². The Morgan fingerprint density at radius 2 is 0.760 bits per heavy atom. The molecule has 0 saturated heterocycles. The second kappa shape index (κ2) is 55.2. The van der Waals surface area contributed by atoms with Gasteiger partial charge in [-0.3, -0.25) is 9.59 Å². The molecule has 0 aliphatic carbocycles. The van der Waals surface area contributed by atoms with Gasteiger partial charge in [0.25, 0.3) is 6.29 Å². The lowest BCUT2D eigenvalue weighted by molar-refractivity contribution is -0.870. The van der Waals surface area contributed by atoms with Crippen LogP contribution >= 0.6 is 0 Å². The largest absolute Gasteiger partial charge is 0.477 e. The Hall–Kier alpha value is -5.09. The van der Waals surface area contributed by atoms with Crippen molar-refractivity contribution in [3.05, 3.63) is 158 Å².